The molecule has 0 unspecified atom stereocenters. The topological polar surface area (TPSA) is 153 Å². The number of esters is 5. The van der Waals surface area contributed by atoms with Crippen LogP contribution >= 0.6 is 0 Å². The van der Waals surface area contributed by atoms with Gasteiger partial charge in [0.1, 0.15) is 39.6 Å². The Balaban J connectivity index is -0.000000152. The number of halogens is 1. The zero-order chi connectivity index (χ0) is 47.4. The van der Waals surface area contributed by atoms with Crippen LogP contribution in [0.3, 0.4) is 0 Å². The lowest BCUT2D eigenvalue weighted by Gasteiger charge is -2.23. The van der Waals surface area contributed by atoms with Crippen molar-refractivity contribution in [1.29, 1.82) is 0 Å². The van der Waals surface area contributed by atoms with Gasteiger partial charge in [-0.1, -0.05) is 46.7 Å². The van der Waals surface area contributed by atoms with Crippen LogP contribution in [0.2, 0.25) is 0 Å². The third-order valence-electron chi connectivity index (χ3n) is 6.64. The van der Waals surface area contributed by atoms with E-state index in [-0.39, 0.29) is 47.8 Å². The molecule has 0 amide bonds. The summed E-state index contributed by atoms with van der Waals surface area (Å²) in [4.78, 5) is 60.1. The summed E-state index contributed by atoms with van der Waals surface area (Å²) in [6.07, 6.45) is 1.16. The Morgan fingerprint density at radius 3 is 1.18 bits per heavy atom. The first-order valence-corrected chi connectivity index (χ1v) is 19.6. The predicted octanol–water partition coefficient (Wildman–Crippen LogP) is 1.70. The molecule has 15 nitrogen and oxygen atoms in total. The minimum atomic E-state index is -0.359. The lowest BCUT2D eigenvalue weighted by atomic mass is 10.1. The van der Waals surface area contributed by atoms with Crippen molar-refractivity contribution in [2.24, 2.45) is 0 Å². The smallest absolute Gasteiger partial charge is 0.333 e. The zero-order valence-corrected chi connectivity index (χ0v) is 41.1. The summed E-state index contributed by atoms with van der Waals surface area (Å²) in [5.74, 6) is -1.60. The Labute approximate surface area is 370 Å². The van der Waals surface area contributed by atoms with Gasteiger partial charge < -0.3 is 60.6 Å². The summed E-state index contributed by atoms with van der Waals surface area (Å²) in [5, 5.41) is 3.21. The van der Waals surface area contributed by atoms with Gasteiger partial charge in [0.2, 0.25) is 0 Å². The molecular formula is C44H84ClN5O10. The second-order valence-electron chi connectivity index (χ2n) is 15.9. The van der Waals surface area contributed by atoms with Gasteiger partial charge in [-0.2, -0.15) is 0 Å². The van der Waals surface area contributed by atoms with E-state index in [1.54, 1.807) is 27.7 Å². The first-order chi connectivity index (χ1) is 27.0. The van der Waals surface area contributed by atoms with Crippen molar-refractivity contribution in [1.82, 2.24) is 20.0 Å². The molecule has 0 saturated carbocycles. The number of nitrogens with one attached hydrogen (secondary N) is 1. The normalized spacial score (nSPS) is 10.2. The molecule has 0 rings (SSSR count). The highest BCUT2D eigenvalue weighted by molar-refractivity contribution is 5.88. The average Bonchev–Trinajstić information content (AvgIpc) is 3.11. The fraction of sp³-hybridized carbons (Fsp3) is 0.659. The van der Waals surface area contributed by atoms with Crippen molar-refractivity contribution in [3.63, 3.8) is 0 Å². The van der Waals surface area contributed by atoms with E-state index in [4.69, 9.17) is 23.7 Å². The van der Waals surface area contributed by atoms with Crippen LogP contribution in [0.25, 0.3) is 0 Å². The fourth-order valence-corrected chi connectivity index (χ4v) is 2.99. The lowest BCUT2D eigenvalue weighted by Crippen LogP contribution is -3.00. The minimum Gasteiger partial charge on any atom is -1.00 e. The second-order valence-corrected chi connectivity index (χ2v) is 15.9. The number of likely N-dealkylation sites (N-methyl/N-ethyl adjacent to an activating group) is 4. The van der Waals surface area contributed by atoms with Crippen molar-refractivity contribution in [2.75, 3.05) is 128 Å². The minimum absolute atomic E-state index is 0. The summed E-state index contributed by atoms with van der Waals surface area (Å²) in [7, 11) is 13.8. The largest absolute Gasteiger partial charge is 1.00 e. The average molecular weight is 879 g/mol. The third-order valence-corrected chi connectivity index (χ3v) is 6.64. The molecular weight excluding hydrogens is 794 g/mol. The Morgan fingerprint density at radius 2 is 0.900 bits per heavy atom. The molecule has 16 heteroatoms. The molecule has 0 aliphatic carbocycles. The maximum absolute atomic E-state index is 11.0. The van der Waals surface area contributed by atoms with Gasteiger partial charge in [0.15, 0.2) is 0 Å². The summed E-state index contributed by atoms with van der Waals surface area (Å²) >= 11 is 0. The molecule has 0 aromatic heterocycles. The van der Waals surface area contributed by atoms with Crippen molar-refractivity contribution in [3.05, 3.63) is 61.3 Å². The van der Waals surface area contributed by atoms with E-state index in [9.17, 15) is 24.0 Å². The van der Waals surface area contributed by atoms with Crippen LogP contribution in [-0.2, 0) is 47.7 Å². The number of nitrogens with zero attached hydrogens (tertiary/aromatic N) is 4. The number of carbonyl (C=O) groups is 5. The quantitative estimate of drug-likeness (QED) is 0.0552. The number of hydrogen-bond acceptors (Lipinski definition) is 14. The molecule has 60 heavy (non-hydrogen) atoms. The number of hydrogen-bond donors (Lipinski definition) is 1. The first kappa shape index (κ1) is 67.9. The molecule has 0 aromatic rings. The van der Waals surface area contributed by atoms with Gasteiger partial charge in [0.25, 0.3) is 0 Å². The van der Waals surface area contributed by atoms with E-state index in [1.807, 2.05) is 38.0 Å². The van der Waals surface area contributed by atoms with E-state index in [2.05, 4.69) is 98.9 Å². The summed E-state index contributed by atoms with van der Waals surface area (Å²) in [5.41, 5.74) is 1.87. The van der Waals surface area contributed by atoms with Crippen molar-refractivity contribution >= 4 is 29.8 Å². The molecule has 0 bridgehead atoms. The van der Waals surface area contributed by atoms with Gasteiger partial charge in [0.05, 0.1) is 21.1 Å². The number of carbonyl (C=O) groups excluding carboxylic acids is 5. The maximum Gasteiger partial charge on any atom is 0.333 e. The molecule has 0 aliphatic heterocycles. The molecule has 352 valence electrons. The molecule has 0 fully saturated rings. The van der Waals surface area contributed by atoms with Gasteiger partial charge in [0, 0.05) is 60.1 Å². The fourth-order valence-electron chi connectivity index (χ4n) is 2.99. The maximum atomic E-state index is 11.0. The molecule has 0 aliphatic rings. The Morgan fingerprint density at radius 1 is 0.583 bits per heavy atom. The molecule has 0 saturated heterocycles. The molecule has 0 aromatic carbocycles. The first-order valence-electron chi connectivity index (χ1n) is 19.6. The molecule has 0 atom stereocenters. The van der Waals surface area contributed by atoms with Gasteiger partial charge in [-0.15, -0.1) is 0 Å². The Kier molecular flexibility index (Phi) is 45.9. The highest BCUT2D eigenvalue weighted by Gasteiger charge is 2.10. The Hall–Kier alpha value is -3.86. The van der Waals surface area contributed by atoms with Crippen LogP contribution < -0.4 is 17.7 Å². The van der Waals surface area contributed by atoms with Gasteiger partial charge in [-0.05, 0) is 89.7 Å². The van der Waals surface area contributed by atoms with E-state index in [0.29, 0.717) is 61.9 Å². The SMILES string of the molecule is C=C(C)C(=O)OCCN(C)C.C=C(C)C(=O)OCCN(CC)CC.C=C(C)C(=O)OCCNC(C)(C)C.C=C(C)C(=O)OCC[N+](C)(C)C.C=CC(=O)OCCN(C)C.[Cl-]. The van der Waals surface area contributed by atoms with E-state index < -0.39 is 0 Å². The lowest BCUT2D eigenvalue weighted by molar-refractivity contribution is -0.870. The summed E-state index contributed by atoms with van der Waals surface area (Å²) < 4.78 is 25.1. The number of ether oxygens (including phenoxy) is 5. The van der Waals surface area contributed by atoms with Gasteiger partial charge in [-0.3, -0.25) is 0 Å². The highest BCUT2D eigenvalue weighted by atomic mass is 35.5. The monoisotopic (exact) mass is 878 g/mol. The van der Waals surface area contributed by atoms with Crippen molar-refractivity contribution < 1.29 is 64.5 Å². The summed E-state index contributed by atoms with van der Waals surface area (Å²) in [6, 6.07) is 0. The van der Waals surface area contributed by atoms with Gasteiger partial charge in [-0.25, -0.2) is 24.0 Å². The van der Waals surface area contributed by atoms with E-state index >= 15 is 0 Å². The molecule has 0 heterocycles. The molecule has 0 spiro atoms. The summed E-state index contributed by atoms with van der Waals surface area (Å²) in [6.45, 7) is 42.1. The van der Waals surface area contributed by atoms with Gasteiger partial charge >= 0.3 is 29.8 Å². The standard InChI is InChI=1S/2C10H19NO2.C9H18NO2.C8H15NO2.C7H13NO2.ClH/c1-8(2)9(12)13-7-6-11-10(3,4)5;1-5-11(6-2)7-8-13-10(12)9(3)4;1-8(2)9(11)12-7-6-10(3,4)5;1-7(2)8(10)11-6-5-9(3)4;1-4-7(9)10-6-5-8(2)3;/h11H,1,6-7H2,2-5H3;3,5-8H2,1-2,4H3;1,6-7H2,2-5H3;1,5-6H2,2-4H3;4H,1,5-6H2,2-3H3;1H/q;;+1;;;/p-1. The molecule has 0 radical (unpaired) electrons. The number of rotatable bonds is 22. The van der Waals surface area contributed by atoms with Crippen molar-refractivity contribution in [3.8, 4) is 0 Å². The second kappa shape index (κ2) is 40.5. The van der Waals surface area contributed by atoms with E-state index in [1.165, 1.54) is 0 Å². The highest BCUT2D eigenvalue weighted by Crippen LogP contribution is 1.98. The van der Waals surface area contributed by atoms with Crippen LogP contribution in [0.5, 0.6) is 0 Å². The van der Waals surface area contributed by atoms with Crippen LogP contribution in [-0.4, -0.2) is 183 Å². The van der Waals surface area contributed by atoms with Crippen LogP contribution in [0.1, 0.15) is 62.3 Å². The van der Waals surface area contributed by atoms with Crippen LogP contribution in [0.15, 0.2) is 61.3 Å². The van der Waals surface area contributed by atoms with Crippen molar-refractivity contribution in [2.45, 2.75) is 67.9 Å². The zero-order valence-electron chi connectivity index (χ0n) is 40.3. The molecule has 1 N–H and O–H groups in total. The third kappa shape index (κ3) is 58.5. The van der Waals surface area contributed by atoms with E-state index in [0.717, 1.165) is 49.8 Å². The predicted molar refractivity (Wildman–Crippen MR) is 240 cm³/mol. The van der Waals surface area contributed by atoms with Crippen LogP contribution in [0, 0.1) is 0 Å². The van der Waals surface area contributed by atoms with Crippen LogP contribution in [0.4, 0.5) is 0 Å². The number of quaternary nitrogens is 1. The Bertz CT molecular complexity index is 1270.